The van der Waals surface area contributed by atoms with Crippen LogP contribution in [0, 0.1) is 0 Å². The average Bonchev–Trinajstić information content (AvgIpc) is 2.33. The van der Waals surface area contributed by atoms with Gasteiger partial charge < -0.3 is 4.42 Å². The first-order valence-electron chi connectivity index (χ1n) is 2.48. The fourth-order valence-electron chi connectivity index (χ4n) is 0.646. The molecule has 0 amide bonds. The molecule has 0 saturated heterocycles. The zero-order valence-electron chi connectivity index (χ0n) is 4.48. The Labute approximate surface area is 50.5 Å². The second-order valence-electron chi connectivity index (χ2n) is 1.60. The molecule has 4 nitrogen and oxygen atoms in total. The molecule has 2 rings (SSSR count). The molecule has 2 aromatic rings. The van der Waals surface area contributed by atoms with E-state index >= 15 is 0 Å². The number of hydrogen-bond acceptors (Lipinski definition) is 4. The third-order valence-electron chi connectivity index (χ3n) is 1.05. The summed E-state index contributed by atoms with van der Waals surface area (Å²) in [5.74, 6) is 0. The highest BCUT2D eigenvalue weighted by Gasteiger charge is 1.93. The molecule has 0 atom stereocenters. The van der Waals surface area contributed by atoms with E-state index in [2.05, 4.69) is 15.4 Å². The Bertz CT molecular complexity index is 286. The SMILES string of the molecule is c1cc2nnncc2o1. The van der Waals surface area contributed by atoms with Gasteiger partial charge >= 0.3 is 0 Å². The zero-order valence-corrected chi connectivity index (χ0v) is 4.48. The number of furan rings is 1. The molecular formula is C5H3N3O. The highest BCUT2D eigenvalue weighted by atomic mass is 16.3. The van der Waals surface area contributed by atoms with Gasteiger partial charge in [-0.05, 0) is 5.21 Å². The molecular weight excluding hydrogens is 118 g/mol. The van der Waals surface area contributed by atoms with E-state index in [1.165, 1.54) is 6.20 Å². The molecule has 0 fully saturated rings. The molecule has 0 saturated carbocycles. The van der Waals surface area contributed by atoms with Crippen LogP contribution in [0.2, 0.25) is 0 Å². The number of rotatable bonds is 0. The molecule has 0 radical (unpaired) electrons. The minimum atomic E-state index is 0.671. The molecule has 2 heterocycles. The molecule has 4 heteroatoms. The fourth-order valence-corrected chi connectivity index (χ4v) is 0.646. The van der Waals surface area contributed by atoms with Gasteiger partial charge in [0.2, 0.25) is 0 Å². The Morgan fingerprint density at radius 2 is 2.44 bits per heavy atom. The van der Waals surface area contributed by atoms with Crippen molar-refractivity contribution in [1.29, 1.82) is 0 Å². The van der Waals surface area contributed by atoms with Crippen LogP contribution >= 0.6 is 0 Å². The molecule has 44 valence electrons. The Morgan fingerprint density at radius 3 is 3.33 bits per heavy atom. The van der Waals surface area contributed by atoms with E-state index < -0.39 is 0 Å². The molecule has 0 unspecified atom stereocenters. The van der Waals surface area contributed by atoms with Crippen molar-refractivity contribution in [2.24, 2.45) is 0 Å². The minimum absolute atomic E-state index is 0.671. The van der Waals surface area contributed by atoms with E-state index in [1.54, 1.807) is 12.3 Å². The molecule has 0 aromatic carbocycles. The average molecular weight is 121 g/mol. The van der Waals surface area contributed by atoms with Crippen molar-refractivity contribution in [2.45, 2.75) is 0 Å². The summed E-state index contributed by atoms with van der Waals surface area (Å²) in [5, 5.41) is 10.6. The van der Waals surface area contributed by atoms with Crippen LogP contribution in [-0.2, 0) is 0 Å². The summed E-state index contributed by atoms with van der Waals surface area (Å²) < 4.78 is 4.95. The predicted octanol–water partition coefficient (Wildman–Crippen LogP) is 0.618. The number of hydrogen-bond donors (Lipinski definition) is 0. The second-order valence-corrected chi connectivity index (χ2v) is 1.60. The molecule has 0 spiro atoms. The van der Waals surface area contributed by atoms with Crippen molar-refractivity contribution >= 4 is 11.1 Å². The van der Waals surface area contributed by atoms with Crippen molar-refractivity contribution in [1.82, 2.24) is 15.4 Å². The monoisotopic (exact) mass is 121 g/mol. The normalized spacial score (nSPS) is 10.2. The Kier molecular flexibility index (Phi) is 0.745. The van der Waals surface area contributed by atoms with Crippen molar-refractivity contribution in [3.05, 3.63) is 18.5 Å². The summed E-state index contributed by atoms with van der Waals surface area (Å²) in [6, 6.07) is 1.74. The first-order valence-corrected chi connectivity index (χ1v) is 2.48. The first-order chi connectivity index (χ1) is 4.47. The highest BCUT2D eigenvalue weighted by molar-refractivity contribution is 5.69. The topological polar surface area (TPSA) is 51.8 Å². The van der Waals surface area contributed by atoms with Crippen molar-refractivity contribution < 1.29 is 4.42 Å². The van der Waals surface area contributed by atoms with E-state index in [-0.39, 0.29) is 0 Å². The van der Waals surface area contributed by atoms with Crippen molar-refractivity contribution in [3.8, 4) is 0 Å². The Hall–Kier alpha value is -1.45. The minimum Gasteiger partial charge on any atom is -0.461 e. The van der Waals surface area contributed by atoms with Gasteiger partial charge in [0, 0.05) is 6.07 Å². The van der Waals surface area contributed by atoms with Gasteiger partial charge in [-0.1, -0.05) is 0 Å². The van der Waals surface area contributed by atoms with Crippen LogP contribution in [-0.4, -0.2) is 15.4 Å². The smallest absolute Gasteiger partial charge is 0.174 e. The Balaban J connectivity index is 2.95. The fraction of sp³-hybridized carbons (Fsp3) is 0. The van der Waals surface area contributed by atoms with E-state index in [0.29, 0.717) is 5.58 Å². The maximum atomic E-state index is 4.95. The van der Waals surface area contributed by atoms with E-state index in [0.717, 1.165) is 5.52 Å². The van der Waals surface area contributed by atoms with Crippen LogP contribution in [0.25, 0.3) is 11.1 Å². The lowest BCUT2D eigenvalue weighted by atomic mass is 10.5. The predicted molar refractivity (Wildman–Crippen MR) is 29.6 cm³/mol. The van der Waals surface area contributed by atoms with Crippen LogP contribution < -0.4 is 0 Å². The highest BCUT2D eigenvalue weighted by Crippen LogP contribution is 2.07. The van der Waals surface area contributed by atoms with Gasteiger partial charge in [0.1, 0.15) is 5.52 Å². The third kappa shape index (κ3) is 0.561. The molecule has 0 aliphatic rings. The van der Waals surface area contributed by atoms with Gasteiger partial charge in [-0.2, -0.15) is 0 Å². The molecule has 0 aliphatic heterocycles. The van der Waals surface area contributed by atoms with Crippen LogP contribution in [0.1, 0.15) is 0 Å². The lowest BCUT2D eigenvalue weighted by Gasteiger charge is -1.78. The molecule has 2 aromatic heterocycles. The number of fused-ring (bicyclic) bond motifs is 1. The van der Waals surface area contributed by atoms with Crippen LogP contribution in [0.5, 0.6) is 0 Å². The lowest BCUT2D eigenvalue weighted by Crippen LogP contribution is -1.81. The first kappa shape index (κ1) is 4.43. The van der Waals surface area contributed by atoms with E-state index in [9.17, 15) is 0 Å². The van der Waals surface area contributed by atoms with Gasteiger partial charge in [0.15, 0.2) is 5.58 Å². The van der Waals surface area contributed by atoms with Crippen LogP contribution in [0.3, 0.4) is 0 Å². The molecule has 0 aliphatic carbocycles. The number of nitrogens with zero attached hydrogens (tertiary/aromatic N) is 3. The maximum Gasteiger partial charge on any atom is 0.174 e. The Morgan fingerprint density at radius 1 is 1.44 bits per heavy atom. The second kappa shape index (κ2) is 1.51. The molecule has 0 bridgehead atoms. The maximum absolute atomic E-state index is 4.95. The number of aromatic nitrogens is 3. The van der Waals surface area contributed by atoms with Gasteiger partial charge in [0.25, 0.3) is 0 Å². The largest absolute Gasteiger partial charge is 0.461 e. The van der Waals surface area contributed by atoms with E-state index in [1.807, 2.05) is 0 Å². The van der Waals surface area contributed by atoms with Gasteiger partial charge in [0.05, 0.1) is 12.5 Å². The van der Waals surface area contributed by atoms with Crippen molar-refractivity contribution in [2.75, 3.05) is 0 Å². The van der Waals surface area contributed by atoms with Gasteiger partial charge in [-0.3, -0.25) is 0 Å². The zero-order chi connectivity index (χ0) is 6.10. The molecule has 9 heavy (non-hydrogen) atoms. The van der Waals surface area contributed by atoms with Gasteiger partial charge in [-0.15, -0.1) is 10.2 Å². The quantitative estimate of drug-likeness (QED) is 0.512. The summed E-state index contributed by atoms with van der Waals surface area (Å²) in [6.07, 6.45) is 3.09. The van der Waals surface area contributed by atoms with Gasteiger partial charge in [-0.25, -0.2) is 0 Å². The summed E-state index contributed by atoms with van der Waals surface area (Å²) >= 11 is 0. The third-order valence-corrected chi connectivity index (χ3v) is 1.05. The lowest BCUT2D eigenvalue weighted by molar-refractivity contribution is 0.611. The van der Waals surface area contributed by atoms with Crippen LogP contribution in [0.4, 0.5) is 0 Å². The summed E-state index contributed by atoms with van der Waals surface area (Å²) in [6.45, 7) is 0. The molecule has 0 N–H and O–H groups in total. The standard InChI is InChI=1S/C5H3N3O/c1-2-9-5-3-6-8-7-4(1)5/h1-3H. The summed E-state index contributed by atoms with van der Waals surface area (Å²) in [4.78, 5) is 0. The van der Waals surface area contributed by atoms with E-state index in [4.69, 9.17) is 4.42 Å². The van der Waals surface area contributed by atoms with Crippen molar-refractivity contribution in [3.63, 3.8) is 0 Å². The summed E-state index contributed by atoms with van der Waals surface area (Å²) in [5.41, 5.74) is 1.41. The van der Waals surface area contributed by atoms with Crippen LogP contribution in [0.15, 0.2) is 22.9 Å². The summed E-state index contributed by atoms with van der Waals surface area (Å²) in [7, 11) is 0.